The van der Waals surface area contributed by atoms with Gasteiger partial charge in [-0.1, -0.05) is 99.6 Å². The molecule has 9 heteroatoms. The number of carbonyl (C=O) groups excluding carboxylic acids is 1. The Kier molecular flexibility index (Phi) is 16.3. The van der Waals surface area contributed by atoms with Crippen molar-refractivity contribution in [2.45, 2.75) is 25.8 Å². The van der Waals surface area contributed by atoms with Crippen LogP contribution >= 0.6 is 0 Å². The van der Waals surface area contributed by atoms with Gasteiger partial charge in [-0.05, 0) is 27.5 Å². The molecule has 0 aliphatic rings. The highest BCUT2D eigenvalue weighted by molar-refractivity contribution is 6.99. The molecule has 0 bridgehead atoms. The first-order valence-corrected chi connectivity index (χ1v) is 17.2. The number of ether oxygens (including phenoxy) is 6. The molecule has 0 saturated carbocycles. The van der Waals surface area contributed by atoms with Gasteiger partial charge in [0.1, 0.15) is 6.61 Å². The molecule has 0 unspecified atom stereocenters. The Morgan fingerprint density at radius 3 is 1.23 bits per heavy atom. The lowest BCUT2D eigenvalue weighted by atomic mass is 10.2. The molecular formula is C35H48O8Si. The normalized spacial score (nSPS) is 11.9. The Morgan fingerprint density at radius 1 is 0.500 bits per heavy atom. The van der Waals surface area contributed by atoms with Crippen molar-refractivity contribution in [1.29, 1.82) is 0 Å². The SMILES string of the molecule is CC(C)(C)[Si](OCCOCCOCCOCCOCCOCCOC(=O)c1ccccc1)(c1ccccc1)c1ccccc1. The lowest BCUT2D eigenvalue weighted by molar-refractivity contribution is -0.0165. The third-order valence-corrected chi connectivity index (χ3v) is 12.0. The summed E-state index contributed by atoms with van der Waals surface area (Å²) >= 11 is 0. The molecule has 44 heavy (non-hydrogen) atoms. The van der Waals surface area contributed by atoms with Gasteiger partial charge in [0.2, 0.25) is 0 Å². The fourth-order valence-electron chi connectivity index (χ4n) is 4.85. The first-order chi connectivity index (χ1) is 21.4. The molecule has 0 radical (unpaired) electrons. The predicted molar refractivity (Wildman–Crippen MR) is 174 cm³/mol. The van der Waals surface area contributed by atoms with E-state index in [4.69, 9.17) is 32.8 Å². The van der Waals surface area contributed by atoms with Gasteiger partial charge in [0, 0.05) is 0 Å². The molecule has 0 aromatic heterocycles. The van der Waals surface area contributed by atoms with E-state index in [1.165, 1.54) is 10.4 Å². The van der Waals surface area contributed by atoms with Gasteiger partial charge in [0.15, 0.2) is 0 Å². The summed E-state index contributed by atoms with van der Waals surface area (Å²) in [6.07, 6.45) is 0. The Hall–Kier alpha value is -2.89. The molecule has 0 aliphatic heterocycles. The summed E-state index contributed by atoms with van der Waals surface area (Å²) in [6.45, 7) is 12.2. The number of benzene rings is 3. The van der Waals surface area contributed by atoms with Crippen LogP contribution in [0.3, 0.4) is 0 Å². The number of esters is 1. The molecule has 0 amide bonds. The highest BCUT2D eigenvalue weighted by atomic mass is 28.4. The van der Waals surface area contributed by atoms with Crippen molar-refractivity contribution in [2.24, 2.45) is 0 Å². The van der Waals surface area contributed by atoms with E-state index in [-0.39, 0.29) is 17.6 Å². The summed E-state index contributed by atoms with van der Waals surface area (Å²) in [7, 11) is -2.54. The lowest BCUT2D eigenvalue weighted by Gasteiger charge is -2.43. The number of rotatable bonds is 22. The first-order valence-electron chi connectivity index (χ1n) is 15.3. The van der Waals surface area contributed by atoms with E-state index in [1.807, 2.05) is 18.2 Å². The zero-order valence-electron chi connectivity index (χ0n) is 26.4. The zero-order valence-corrected chi connectivity index (χ0v) is 27.4. The second kappa shape index (κ2) is 20.2. The molecule has 0 aliphatic carbocycles. The Balaban J connectivity index is 1.17. The van der Waals surface area contributed by atoms with Crippen molar-refractivity contribution < 1.29 is 37.6 Å². The van der Waals surface area contributed by atoms with Crippen LogP contribution in [-0.2, 0) is 32.8 Å². The van der Waals surface area contributed by atoms with Crippen LogP contribution in [0.1, 0.15) is 31.1 Å². The Bertz CT molecular complexity index is 1120. The van der Waals surface area contributed by atoms with Gasteiger partial charge in [-0.2, -0.15) is 0 Å². The fraction of sp³-hybridized carbons (Fsp3) is 0.457. The molecule has 240 valence electrons. The summed E-state index contributed by atoms with van der Waals surface area (Å²) < 4.78 is 39.9. The number of hydrogen-bond acceptors (Lipinski definition) is 8. The molecule has 0 N–H and O–H groups in total. The summed E-state index contributed by atoms with van der Waals surface area (Å²) in [4.78, 5) is 11.8. The van der Waals surface area contributed by atoms with E-state index >= 15 is 0 Å². The molecule has 3 aromatic rings. The molecule has 3 aromatic carbocycles. The molecule has 0 spiro atoms. The van der Waals surface area contributed by atoms with Crippen LogP contribution in [-0.4, -0.2) is 93.6 Å². The van der Waals surface area contributed by atoms with Crippen LogP contribution in [0.2, 0.25) is 5.04 Å². The molecule has 0 saturated heterocycles. The zero-order chi connectivity index (χ0) is 31.4. The Labute approximate surface area is 263 Å². The minimum Gasteiger partial charge on any atom is -0.460 e. The highest BCUT2D eigenvalue weighted by Gasteiger charge is 2.49. The van der Waals surface area contributed by atoms with Crippen molar-refractivity contribution in [3.8, 4) is 0 Å². The smallest absolute Gasteiger partial charge is 0.338 e. The summed E-state index contributed by atoms with van der Waals surface area (Å²) in [5, 5.41) is 2.47. The van der Waals surface area contributed by atoms with Crippen molar-refractivity contribution >= 4 is 24.7 Å². The van der Waals surface area contributed by atoms with Crippen molar-refractivity contribution in [3.05, 3.63) is 96.6 Å². The largest absolute Gasteiger partial charge is 0.460 e. The molecule has 8 nitrogen and oxygen atoms in total. The maximum Gasteiger partial charge on any atom is 0.338 e. The van der Waals surface area contributed by atoms with E-state index < -0.39 is 8.32 Å². The van der Waals surface area contributed by atoms with Gasteiger partial charge in [0.05, 0.1) is 78.2 Å². The number of carbonyl (C=O) groups is 1. The van der Waals surface area contributed by atoms with Gasteiger partial charge < -0.3 is 32.8 Å². The van der Waals surface area contributed by atoms with Crippen LogP contribution in [0.5, 0.6) is 0 Å². The van der Waals surface area contributed by atoms with Crippen molar-refractivity contribution in [3.63, 3.8) is 0 Å². The van der Waals surface area contributed by atoms with Crippen LogP contribution < -0.4 is 10.4 Å². The predicted octanol–water partition coefficient (Wildman–Crippen LogP) is 4.50. The molecule has 0 atom stereocenters. The fourth-order valence-corrected chi connectivity index (χ4v) is 9.39. The van der Waals surface area contributed by atoms with Gasteiger partial charge >= 0.3 is 5.97 Å². The second-order valence-electron chi connectivity index (χ2n) is 11.1. The van der Waals surface area contributed by atoms with Crippen molar-refractivity contribution in [2.75, 3.05) is 79.3 Å². The first kappa shape index (κ1) is 35.6. The quantitative estimate of drug-likeness (QED) is 0.0919. The standard InChI is InChI=1S/C35H48O8Si/c1-35(2,3)44(32-15-9-5-10-16-32,33-17-11-6-12-18-33)43-30-28-41-26-24-39-22-20-37-19-21-38-23-25-40-27-29-42-34(36)31-13-7-4-8-14-31/h4-18H,19-30H2,1-3H3. The van der Waals surface area contributed by atoms with Crippen molar-refractivity contribution in [1.82, 2.24) is 0 Å². The van der Waals surface area contributed by atoms with Crippen LogP contribution in [0.15, 0.2) is 91.0 Å². The Morgan fingerprint density at radius 2 is 0.841 bits per heavy atom. The van der Waals surface area contributed by atoms with Crippen LogP contribution in [0.25, 0.3) is 0 Å². The van der Waals surface area contributed by atoms with Crippen LogP contribution in [0, 0.1) is 0 Å². The molecule has 0 heterocycles. The maximum atomic E-state index is 11.8. The molecular weight excluding hydrogens is 576 g/mol. The number of hydrogen-bond donors (Lipinski definition) is 0. The van der Waals surface area contributed by atoms with E-state index in [9.17, 15) is 4.79 Å². The minimum atomic E-state index is -2.54. The van der Waals surface area contributed by atoms with Gasteiger partial charge in [0.25, 0.3) is 8.32 Å². The second-order valence-corrected chi connectivity index (χ2v) is 15.4. The topological polar surface area (TPSA) is 81.7 Å². The third-order valence-electron chi connectivity index (χ3n) is 6.92. The maximum absolute atomic E-state index is 11.8. The summed E-state index contributed by atoms with van der Waals surface area (Å²) in [5.74, 6) is -0.351. The average molecular weight is 625 g/mol. The van der Waals surface area contributed by atoms with Gasteiger partial charge in [-0.3, -0.25) is 0 Å². The highest BCUT2D eigenvalue weighted by Crippen LogP contribution is 2.36. The van der Waals surface area contributed by atoms with E-state index in [0.717, 1.165) is 0 Å². The lowest BCUT2D eigenvalue weighted by Crippen LogP contribution is -2.66. The third kappa shape index (κ3) is 11.9. The van der Waals surface area contributed by atoms with E-state index in [2.05, 4.69) is 69.3 Å². The summed E-state index contributed by atoms with van der Waals surface area (Å²) in [5.41, 5.74) is 0.530. The van der Waals surface area contributed by atoms with Gasteiger partial charge in [-0.25, -0.2) is 4.79 Å². The average Bonchev–Trinajstić information content (AvgIpc) is 3.04. The molecule has 0 fully saturated rings. The molecule has 3 rings (SSSR count). The van der Waals surface area contributed by atoms with E-state index in [0.29, 0.717) is 78.2 Å². The van der Waals surface area contributed by atoms with Crippen LogP contribution in [0.4, 0.5) is 0 Å². The van der Waals surface area contributed by atoms with Gasteiger partial charge in [-0.15, -0.1) is 0 Å². The minimum absolute atomic E-state index is 0.0571. The summed E-state index contributed by atoms with van der Waals surface area (Å²) in [6, 6.07) is 30.1. The van der Waals surface area contributed by atoms with E-state index in [1.54, 1.807) is 24.3 Å². The monoisotopic (exact) mass is 624 g/mol.